The molecule has 6 heteroatoms. The highest BCUT2D eigenvalue weighted by molar-refractivity contribution is 7.89. The number of sulfonamides is 1. The molecule has 1 N–H and O–H groups in total. The molecule has 0 saturated carbocycles. The van der Waals surface area contributed by atoms with Gasteiger partial charge in [-0.05, 0) is 24.6 Å². The van der Waals surface area contributed by atoms with Crippen molar-refractivity contribution in [3.63, 3.8) is 0 Å². The molecule has 0 aliphatic heterocycles. The summed E-state index contributed by atoms with van der Waals surface area (Å²) in [7, 11) is -2.59. The largest absolute Gasteiger partial charge is 0.468 e. The van der Waals surface area contributed by atoms with Crippen molar-refractivity contribution in [3.05, 3.63) is 65.7 Å². The molecule has 2 aromatic rings. The van der Waals surface area contributed by atoms with Gasteiger partial charge in [0.2, 0.25) is 10.0 Å². The Morgan fingerprint density at radius 2 is 1.62 bits per heavy atom. The number of benzene rings is 2. The number of carbonyl (C=O) groups excluding carboxylic acids is 1. The summed E-state index contributed by atoms with van der Waals surface area (Å²) < 4.78 is 32.4. The minimum absolute atomic E-state index is 0.113. The topological polar surface area (TPSA) is 72.5 Å². The van der Waals surface area contributed by atoms with E-state index in [2.05, 4.69) is 4.72 Å². The smallest absolute Gasteiger partial charge is 0.324 e. The van der Waals surface area contributed by atoms with Crippen LogP contribution < -0.4 is 4.72 Å². The fraction of sp³-hybridized carbons (Fsp3) is 0.278. The third-order valence-corrected chi connectivity index (χ3v) is 5.35. The van der Waals surface area contributed by atoms with Gasteiger partial charge < -0.3 is 4.74 Å². The van der Waals surface area contributed by atoms with Crippen molar-refractivity contribution in [1.82, 2.24) is 4.72 Å². The molecule has 2 aromatic carbocycles. The lowest BCUT2D eigenvalue weighted by Crippen LogP contribution is -2.44. The summed E-state index contributed by atoms with van der Waals surface area (Å²) in [6.07, 6.45) is 0. The predicted octanol–water partition coefficient (Wildman–Crippen LogP) is 2.62. The molecule has 0 heterocycles. The van der Waals surface area contributed by atoms with Gasteiger partial charge in [-0.1, -0.05) is 55.0 Å². The van der Waals surface area contributed by atoms with E-state index in [-0.39, 0.29) is 10.8 Å². The summed E-state index contributed by atoms with van der Waals surface area (Å²) in [5.74, 6) is -0.999. The van der Waals surface area contributed by atoms with Gasteiger partial charge in [0.1, 0.15) is 6.04 Å². The van der Waals surface area contributed by atoms with Crippen LogP contribution in [0.3, 0.4) is 0 Å². The maximum absolute atomic E-state index is 12.6. The van der Waals surface area contributed by atoms with Gasteiger partial charge >= 0.3 is 5.97 Å². The minimum Gasteiger partial charge on any atom is -0.468 e. The average molecular weight is 347 g/mol. The van der Waals surface area contributed by atoms with Crippen LogP contribution in [-0.4, -0.2) is 27.5 Å². The number of hydrogen-bond acceptors (Lipinski definition) is 4. The molecule has 0 fully saturated rings. The van der Waals surface area contributed by atoms with Gasteiger partial charge in [-0.2, -0.15) is 4.72 Å². The maximum atomic E-state index is 12.6. The zero-order valence-electron chi connectivity index (χ0n) is 13.9. The van der Waals surface area contributed by atoms with Gasteiger partial charge in [-0.15, -0.1) is 0 Å². The van der Waals surface area contributed by atoms with Crippen molar-refractivity contribution in [2.24, 2.45) is 0 Å². The highest BCUT2D eigenvalue weighted by Crippen LogP contribution is 2.22. The molecule has 5 nitrogen and oxygen atoms in total. The van der Waals surface area contributed by atoms with E-state index in [0.717, 1.165) is 11.1 Å². The minimum atomic E-state index is -3.84. The van der Waals surface area contributed by atoms with Crippen LogP contribution in [0.2, 0.25) is 0 Å². The van der Waals surface area contributed by atoms with Crippen molar-refractivity contribution in [2.75, 3.05) is 7.11 Å². The molecule has 2 atom stereocenters. The van der Waals surface area contributed by atoms with E-state index in [9.17, 15) is 13.2 Å². The first-order chi connectivity index (χ1) is 11.3. The standard InChI is InChI=1S/C18H21NO4S/c1-13-9-11-16(12-10-13)24(21,22)19-17(18(20)23-3)14(2)15-7-5-4-6-8-15/h4-12,14,17,19H,1-3H3/t14-,17+/m1/s1. The molecule has 2 rings (SSSR count). The SMILES string of the molecule is COC(=O)[C@@H](NS(=O)(=O)c1ccc(C)cc1)[C@H](C)c1ccccc1. The summed E-state index contributed by atoms with van der Waals surface area (Å²) >= 11 is 0. The maximum Gasteiger partial charge on any atom is 0.324 e. The monoisotopic (exact) mass is 347 g/mol. The normalized spacial score (nSPS) is 14.0. The summed E-state index contributed by atoms with van der Waals surface area (Å²) in [4.78, 5) is 12.3. The van der Waals surface area contributed by atoms with Crippen molar-refractivity contribution < 1.29 is 17.9 Å². The first kappa shape index (κ1) is 18.2. The van der Waals surface area contributed by atoms with E-state index in [1.807, 2.05) is 37.3 Å². The Morgan fingerprint density at radius 3 is 2.17 bits per heavy atom. The molecule has 0 aliphatic carbocycles. The predicted molar refractivity (Wildman–Crippen MR) is 92.2 cm³/mol. The molecule has 0 aliphatic rings. The Morgan fingerprint density at radius 1 is 1.04 bits per heavy atom. The molecule has 0 amide bonds. The second kappa shape index (κ2) is 7.59. The van der Waals surface area contributed by atoms with Crippen LogP contribution in [0, 0.1) is 6.92 Å². The van der Waals surface area contributed by atoms with Gasteiger partial charge in [0.15, 0.2) is 0 Å². The lowest BCUT2D eigenvalue weighted by Gasteiger charge is -2.23. The molecule has 0 spiro atoms. The van der Waals surface area contributed by atoms with Crippen LogP contribution >= 0.6 is 0 Å². The fourth-order valence-electron chi connectivity index (χ4n) is 2.38. The summed E-state index contributed by atoms with van der Waals surface area (Å²) in [5, 5.41) is 0. The number of rotatable bonds is 6. The number of methoxy groups -OCH3 is 1. The lowest BCUT2D eigenvalue weighted by molar-refractivity contribution is -0.143. The van der Waals surface area contributed by atoms with E-state index < -0.39 is 22.0 Å². The van der Waals surface area contributed by atoms with Crippen molar-refractivity contribution in [1.29, 1.82) is 0 Å². The van der Waals surface area contributed by atoms with Gasteiger partial charge in [0.05, 0.1) is 12.0 Å². The Hall–Kier alpha value is -2.18. The Bertz CT molecular complexity index is 786. The van der Waals surface area contributed by atoms with Crippen molar-refractivity contribution in [3.8, 4) is 0 Å². The number of esters is 1. The number of aryl methyl sites for hydroxylation is 1. The van der Waals surface area contributed by atoms with Crippen LogP contribution in [0.5, 0.6) is 0 Å². The summed E-state index contributed by atoms with van der Waals surface area (Å²) in [5.41, 5.74) is 1.80. The van der Waals surface area contributed by atoms with Gasteiger partial charge in [-0.25, -0.2) is 8.42 Å². The number of hydrogen-bond donors (Lipinski definition) is 1. The molecule has 0 radical (unpaired) electrons. The Labute approximate surface area is 142 Å². The van der Waals surface area contributed by atoms with Crippen LogP contribution in [0.4, 0.5) is 0 Å². The third-order valence-electron chi connectivity index (χ3n) is 3.89. The van der Waals surface area contributed by atoms with Crippen molar-refractivity contribution in [2.45, 2.75) is 30.7 Å². The van der Waals surface area contributed by atoms with E-state index >= 15 is 0 Å². The molecule has 0 bridgehead atoms. The summed E-state index contributed by atoms with van der Waals surface area (Å²) in [6.45, 7) is 3.66. The molecule has 0 saturated heterocycles. The molecular formula is C18H21NO4S. The zero-order valence-corrected chi connectivity index (χ0v) is 14.7. The Kier molecular flexibility index (Phi) is 5.75. The zero-order chi connectivity index (χ0) is 17.7. The fourth-order valence-corrected chi connectivity index (χ4v) is 3.65. The van der Waals surface area contributed by atoms with Crippen molar-refractivity contribution >= 4 is 16.0 Å². The Balaban J connectivity index is 2.32. The number of carbonyl (C=O) groups is 1. The van der Waals surface area contributed by atoms with E-state index in [1.54, 1.807) is 19.1 Å². The third kappa shape index (κ3) is 4.21. The molecular weight excluding hydrogens is 326 g/mol. The van der Waals surface area contributed by atoms with E-state index in [0.29, 0.717) is 0 Å². The van der Waals surface area contributed by atoms with Crippen LogP contribution in [0.1, 0.15) is 24.0 Å². The summed E-state index contributed by atoms with van der Waals surface area (Å²) in [6, 6.07) is 14.7. The molecule has 0 aromatic heterocycles. The lowest BCUT2D eigenvalue weighted by atomic mass is 9.94. The number of ether oxygens (including phenoxy) is 1. The number of nitrogens with one attached hydrogen (secondary N) is 1. The van der Waals surface area contributed by atoms with Gasteiger partial charge in [0, 0.05) is 5.92 Å². The quantitative estimate of drug-likeness (QED) is 0.815. The van der Waals surface area contributed by atoms with Crippen LogP contribution in [0.15, 0.2) is 59.5 Å². The van der Waals surface area contributed by atoms with Gasteiger partial charge in [-0.3, -0.25) is 4.79 Å². The molecule has 128 valence electrons. The average Bonchev–Trinajstić information content (AvgIpc) is 2.59. The molecule has 0 unspecified atom stereocenters. The second-order valence-corrected chi connectivity index (χ2v) is 7.35. The second-order valence-electron chi connectivity index (χ2n) is 5.63. The van der Waals surface area contributed by atoms with E-state index in [1.165, 1.54) is 19.2 Å². The van der Waals surface area contributed by atoms with Crippen LogP contribution in [-0.2, 0) is 19.6 Å². The van der Waals surface area contributed by atoms with Gasteiger partial charge in [0.25, 0.3) is 0 Å². The van der Waals surface area contributed by atoms with Crippen LogP contribution in [0.25, 0.3) is 0 Å². The first-order valence-corrected chi connectivity index (χ1v) is 9.05. The van der Waals surface area contributed by atoms with E-state index in [4.69, 9.17) is 4.74 Å². The molecule has 24 heavy (non-hydrogen) atoms. The highest BCUT2D eigenvalue weighted by atomic mass is 32.2. The highest BCUT2D eigenvalue weighted by Gasteiger charge is 2.32. The first-order valence-electron chi connectivity index (χ1n) is 7.57.